The predicted molar refractivity (Wildman–Crippen MR) is 68.5 cm³/mol. The first kappa shape index (κ1) is 13.5. The molecule has 0 radical (unpaired) electrons. The van der Waals surface area contributed by atoms with E-state index in [-0.39, 0.29) is 14.5 Å². The van der Waals surface area contributed by atoms with Crippen LogP contribution in [-0.2, 0) is 10.0 Å². The van der Waals surface area contributed by atoms with Crippen LogP contribution in [0.5, 0.6) is 0 Å². The molecule has 1 aliphatic rings. The van der Waals surface area contributed by atoms with E-state index in [1.54, 1.807) is 6.92 Å². The lowest BCUT2D eigenvalue weighted by molar-refractivity contribution is 0.0701. The molecular formula is C11H15NO4S2. The summed E-state index contributed by atoms with van der Waals surface area (Å²) in [6, 6.07) is 1.41. The monoisotopic (exact) mass is 289 g/mol. The minimum Gasteiger partial charge on any atom is -0.477 e. The topological polar surface area (TPSA) is 83.5 Å². The maximum atomic E-state index is 12.0. The molecule has 0 bridgehead atoms. The molecule has 100 valence electrons. The molecule has 1 saturated carbocycles. The molecule has 0 saturated heterocycles. The number of aryl methyl sites for hydroxylation is 1. The van der Waals surface area contributed by atoms with E-state index < -0.39 is 16.0 Å². The molecule has 0 aromatic carbocycles. The summed E-state index contributed by atoms with van der Waals surface area (Å²) in [7, 11) is -3.58. The van der Waals surface area contributed by atoms with E-state index in [0.29, 0.717) is 12.1 Å². The lowest BCUT2D eigenvalue weighted by Gasteiger charge is -2.09. The van der Waals surface area contributed by atoms with Crippen molar-refractivity contribution in [3.05, 3.63) is 16.5 Å². The summed E-state index contributed by atoms with van der Waals surface area (Å²) in [5.74, 6) is -1.09. The van der Waals surface area contributed by atoms with Crippen LogP contribution in [0, 0.1) is 12.3 Å². The number of sulfonamides is 1. The number of rotatable bonds is 5. The van der Waals surface area contributed by atoms with Gasteiger partial charge in [-0.25, -0.2) is 17.9 Å². The van der Waals surface area contributed by atoms with Gasteiger partial charge in [-0.15, -0.1) is 11.3 Å². The van der Waals surface area contributed by atoms with Crippen molar-refractivity contribution in [3.8, 4) is 0 Å². The second-order valence-electron chi connectivity index (χ2n) is 5.02. The number of thiophene rings is 1. The van der Waals surface area contributed by atoms with Gasteiger partial charge < -0.3 is 5.11 Å². The number of hydrogen-bond acceptors (Lipinski definition) is 4. The van der Waals surface area contributed by atoms with Crippen LogP contribution >= 0.6 is 11.3 Å². The van der Waals surface area contributed by atoms with Gasteiger partial charge in [0.05, 0.1) is 0 Å². The highest BCUT2D eigenvalue weighted by molar-refractivity contribution is 7.91. The average molecular weight is 289 g/mol. The second-order valence-corrected chi connectivity index (χ2v) is 8.06. The first-order valence-corrected chi connectivity index (χ1v) is 7.87. The number of carboxylic acids is 1. The minimum absolute atomic E-state index is 0.0710. The molecular weight excluding hydrogens is 274 g/mol. The molecule has 1 fully saturated rings. The molecule has 0 unspecified atom stereocenters. The maximum absolute atomic E-state index is 12.0. The van der Waals surface area contributed by atoms with Crippen LogP contribution in [0.25, 0.3) is 0 Å². The molecule has 1 aromatic rings. The minimum atomic E-state index is -3.58. The predicted octanol–water partition coefficient (Wildman–Crippen LogP) is 1.83. The van der Waals surface area contributed by atoms with Crippen LogP contribution in [0.1, 0.15) is 35.0 Å². The van der Waals surface area contributed by atoms with Crippen LogP contribution in [0.4, 0.5) is 0 Å². The van der Waals surface area contributed by atoms with Crippen molar-refractivity contribution in [2.75, 3.05) is 6.54 Å². The summed E-state index contributed by atoms with van der Waals surface area (Å²) in [5.41, 5.74) is 0.556. The first-order chi connectivity index (χ1) is 8.23. The fourth-order valence-corrected chi connectivity index (χ4v) is 4.15. The van der Waals surface area contributed by atoms with Crippen molar-refractivity contribution in [1.82, 2.24) is 4.72 Å². The molecule has 7 heteroatoms. The van der Waals surface area contributed by atoms with E-state index >= 15 is 0 Å². The lowest BCUT2D eigenvalue weighted by Crippen LogP contribution is -2.28. The highest BCUT2D eigenvalue weighted by Gasteiger charge is 2.38. The Bertz CT molecular complexity index is 584. The Labute approximate surface area is 110 Å². The third kappa shape index (κ3) is 2.73. The molecule has 0 amide bonds. The molecule has 0 atom stereocenters. The summed E-state index contributed by atoms with van der Waals surface area (Å²) in [6.07, 6.45) is 2.05. The molecule has 1 aromatic heterocycles. The van der Waals surface area contributed by atoms with Gasteiger partial charge in [0, 0.05) is 6.54 Å². The fourth-order valence-electron chi connectivity index (χ4n) is 1.53. The Kier molecular flexibility index (Phi) is 3.25. The van der Waals surface area contributed by atoms with Crippen molar-refractivity contribution >= 4 is 27.3 Å². The number of carbonyl (C=O) groups is 1. The average Bonchev–Trinajstić information content (AvgIpc) is 2.85. The third-order valence-electron chi connectivity index (χ3n) is 3.15. The highest BCUT2D eigenvalue weighted by Crippen LogP contribution is 2.44. The summed E-state index contributed by atoms with van der Waals surface area (Å²) in [5, 5.41) is 8.91. The fraction of sp³-hybridized carbons (Fsp3) is 0.545. The van der Waals surface area contributed by atoms with Crippen molar-refractivity contribution in [1.29, 1.82) is 0 Å². The number of hydrogen-bond donors (Lipinski definition) is 2. The lowest BCUT2D eigenvalue weighted by atomic mass is 10.2. The first-order valence-electron chi connectivity index (χ1n) is 5.57. The Morgan fingerprint density at radius 3 is 2.61 bits per heavy atom. The Morgan fingerprint density at radius 1 is 1.56 bits per heavy atom. The van der Waals surface area contributed by atoms with E-state index in [9.17, 15) is 13.2 Å². The third-order valence-corrected chi connectivity index (χ3v) is 6.25. The zero-order valence-electron chi connectivity index (χ0n) is 10.2. The Hall–Kier alpha value is -0.920. The van der Waals surface area contributed by atoms with Gasteiger partial charge in [0.1, 0.15) is 9.09 Å². The molecule has 2 rings (SSSR count). The Morgan fingerprint density at radius 2 is 2.17 bits per heavy atom. The van der Waals surface area contributed by atoms with Crippen molar-refractivity contribution in [2.45, 2.75) is 30.9 Å². The van der Waals surface area contributed by atoms with Crippen LogP contribution < -0.4 is 4.72 Å². The molecule has 0 aliphatic heterocycles. The largest absolute Gasteiger partial charge is 0.477 e. The summed E-state index contributed by atoms with van der Waals surface area (Å²) < 4.78 is 26.6. The van der Waals surface area contributed by atoms with Crippen LogP contribution in [0.3, 0.4) is 0 Å². The summed E-state index contributed by atoms with van der Waals surface area (Å²) in [4.78, 5) is 11.0. The Balaban J connectivity index is 2.19. The number of nitrogens with one attached hydrogen (secondary N) is 1. The SMILES string of the molecule is Cc1cc(S(=O)(=O)NCC2(C)CC2)sc1C(=O)O. The maximum Gasteiger partial charge on any atom is 0.346 e. The summed E-state index contributed by atoms with van der Waals surface area (Å²) >= 11 is 0.796. The second kappa shape index (κ2) is 4.32. The molecule has 5 nitrogen and oxygen atoms in total. The zero-order valence-corrected chi connectivity index (χ0v) is 11.8. The highest BCUT2D eigenvalue weighted by atomic mass is 32.2. The van der Waals surface area contributed by atoms with Gasteiger partial charge in [0.15, 0.2) is 0 Å². The van der Waals surface area contributed by atoms with Crippen molar-refractivity contribution in [2.24, 2.45) is 5.41 Å². The van der Waals surface area contributed by atoms with E-state index in [1.807, 2.05) is 6.92 Å². The van der Waals surface area contributed by atoms with Gasteiger partial charge >= 0.3 is 5.97 Å². The molecule has 1 heterocycles. The van der Waals surface area contributed by atoms with Gasteiger partial charge in [-0.3, -0.25) is 0 Å². The molecule has 0 spiro atoms. The molecule has 18 heavy (non-hydrogen) atoms. The van der Waals surface area contributed by atoms with E-state index in [0.717, 1.165) is 24.2 Å². The molecule has 2 N–H and O–H groups in total. The smallest absolute Gasteiger partial charge is 0.346 e. The zero-order chi connectivity index (χ0) is 13.6. The van der Waals surface area contributed by atoms with Gasteiger partial charge in [-0.2, -0.15) is 0 Å². The van der Waals surface area contributed by atoms with Gasteiger partial charge in [0.2, 0.25) is 10.0 Å². The van der Waals surface area contributed by atoms with Crippen LogP contribution in [0.15, 0.2) is 10.3 Å². The van der Waals surface area contributed by atoms with Crippen molar-refractivity contribution < 1.29 is 18.3 Å². The number of carboxylic acid groups (broad SMARTS) is 1. The number of aromatic carboxylic acids is 1. The van der Waals surface area contributed by atoms with E-state index in [1.165, 1.54) is 6.07 Å². The van der Waals surface area contributed by atoms with E-state index in [2.05, 4.69) is 4.72 Å². The van der Waals surface area contributed by atoms with Crippen LogP contribution in [-0.4, -0.2) is 26.0 Å². The normalized spacial score (nSPS) is 17.7. The van der Waals surface area contributed by atoms with Gasteiger partial charge in [-0.05, 0) is 36.8 Å². The van der Waals surface area contributed by atoms with Crippen LogP contribution in [0.2, 0.25) is 0 Å². The van der Waals surface area contributed by atoms with Crippen molar-refractivity contribution in [3.63, 3.8) is 0 Å². The standard InChI is InChI=1S/C11H15NO4S2/c1-7-5-8(17-9(7)10(13)14)18(15,16)12-6-11(2)3-4-11/h5,12H,3-4,6H2,1-2H3,(H,13,14). The van der Waals surface area contributed by atoms with E-state index in [4.69, 9.17) is 5.11 Å². The van der Waals surface area contributed by atoms with Gasteiger partial charge in [-0.1, -0.05) is 6.92 Å². The quantitative estimate of drug-likeness (QED) is 0.866. The molecule has 1 aliphatic carbocycles. The van der Waals surface area contributed by atoms with Gasteiger partial charge in [0.25, 0.3) is 0 Å². The summed E-state index contributed by atoms with van der Waals surface area (Å²) in [6.45, 7) is 4.04.